The Morgan fingerprint density at radius 2 is 2.29 bits per heavy atom. The molecule has 1 aromatic rings. The van der Waals surface area contributed by atoms with Crippen molar-refractivity contribution in [1.29, 1.82) is 0 Å². The predicted octanol–water partition coefficient (Wildman–Crippen LogP) is 3.44. The monoisotopic (exact) mass is 284 g/mol. The number of rotatable bonds is 3. The average Bonchev–Trinajstić information content (AvgIpc) is 2.93. The highest BCUT2D eigenvalue weighted by Gasteiger charge is 2.31. The highest BCUT2D eigenvalue weighted by atomic mass is 19.1. The highest BCUT2D eigenvalue weighted by molar-refractivity contribution is 6.05. The molecule has 0 saturated heterocycles. The van der Waals surface area contributed by atoms with Crippen molar-refractivity contribution >= 4 is 22.9 Å². The van der Waals surface area contributed by atoms with Crippen molar-refractivity contribution in [3.05, 3.63) is 53.9 Å². The third kappa shape index (κ3) is 2.27. The second-order valence-corrected chi connectivity index (χ2v) is 5.16. The number of hydrogen-bond donors (Lipinski definition) is 1. The average molecular weight is 284 g/mol. The Labute approximate surface area is 123 Å². The molecular weight excluding hydrogens is 267 g/mol. The van der Waals surface area contributed by atoms with Gasteiger partial charge in [-0.1, -0.05) is 18.7 Å². The molecule has 0 aromatic heterocycles. The molecule has 108 valence electrons. The summed E-state index contributed by atoms with van der Waals surface area (Å²) in [6.07, 6.45) is 5.38. The van der Waals surface area contributed by atoms with Gasteiger partial charge in [0.05, 0.1) is 17.9 Å². The molecule has 21 heavy (non-hydrogen) atoms. The number of amides is 1. The number of allylic oxidation sites excluding steroid dienone is 5. The third-order valence-corrected chi connectivity index (χ3v) is 3.92. The fraction of sp³-hybridized carbons (Fsp3) is 0.235. The summed E-state index contributed by atoms with van der Waals surface area (Å²) < 4.78 is 13.5. The van der Waals surface area contributed by atoms with Crippen molar-refractivity contribution in [2.45, 2.75) is 13.3 Å². The predicted molar refractivity (Wildman–Crippen MR) is 84.0 cm³/mol. The maximum Gasteiger partial charge on any atom is 0.246 e. The first-order valence-electron chi connectivity index (χ1n) is 7.01. The number of nitrogens with one attached hydrogen (secondary N) is 1. The number of anilines is 2. The maximum atomic E-state index is 13.5. The summed E-state index contributed by atoms with van der Waals surface area (Å²) in [6, 6.07) is 3.98. The van der Waals surface area contributed by atoms with Crippen LogP contribution in [0.5, 0.6) is 0 Å². The Morgan fingerprint density at radius 3 is 3.00 bits per heavy atom. The minimum absolute atomic E-state index is 0.105. The van der Waals surface area contributed by atoms with Gasteiger partial charge in [0.1, 0.15) is 5.83 Å². The van der Waals surface area contributed by atoms with Gasteiger partial charge in [0.15, 0.2) is 0 Å². The van der Waals surface area contributed by atoms with Gasteiger partial charge in [-0.15, -0.1) is 0 Å². The van der Waals surface area contributed by atoms with Crippen molar-refractivity contribution in [1.82, 2.24) is 0 Å². The first-order chi connectivity index (χ1) is 10.1. The zero-order valence-electron chi connectivity index (χ0n) is 11.9. The summed E-state index contributed by atoms with van der Waals surface area (Å²) in [4.78, 5) is 13.7. The van der Waals surface area contributed by atoms with Crippen LogP contribution >= 0.6 is 0 Å². The molecule has 3 nitrogen and oxygen atoms in total. The van der Waals surface area contributed by atoms with Crippen LogP contribution in [0.25, 0.3) is 5.57 Å². The van der Waals surface area contributed by atoms with Gasteiger partial charge in [-0.05, 0) is 48.3 Å². The van der Waals surface area contributed by atoms with Crippen LogP contribution in [0.15, 0.2) is 42.8 Å². The van der Waals surface area contributed by atoms with E-state index in [1.54, 1.807) is 13.0 Å². The van der Waals surface area contributed by atoms with E-state index in [-0.39, 0.29) is 11.7 Å². The van der Waals surface area contributed by atoms with Gasteiger partial charge in [0.2, 0.25) is 5.91 Å². The number of nitrogens with zero attached hydrogens (tertiary/aromatic N) is 1. The summed E-state index contributed by atoms with van der Waals surface area (Å²) in [5, 5.41) is 3.15. The second-order valence-electron chi connectivity index (χ2n) is 5.16. The number of halogens is 1. The van der Waals surface area contributed by atoms with Crippen LogP contribution in [0.1, 0.15) is 18.1 Å². The zero-order chi connectivity index (χ0) is 15.0. The molecule has 2 heterocycles. The standard InChI is InChI=1S/C17H17FN2O/c1-3-11(8-14(18)4-2)13-7-12-5-6-20-16(21)10-19-15(9-13)17(12)20/h3-4,7-9,19H,1,5-6,10H2,2H3/b11-8+,14-4+. The van der Waals surface area contributed by atoms with E-state index in [1.165, 1.54) is 12.2 Å². The van der Waals surface area contributed by atoms with Crippen LogP contribution < -0.4 is 10.2 Å². The van der Waals surface area contributed by atoms with Crippen LogP contribution in [-0.4, -0.2) is 19.0 Å². The molecule has 2 aliphatic heterocycles. The van der Waals surface area contributed by atoms with Crippen molar-refractivity contribution in [3.8, 4) is 0 Å². The summed E-state index contributed by atoms with van der Waals surface area (Å²) in [7, 11) is 0. The summed E-state index contributed by atoms with van der Waals surface area (Å²) in [6.45, 7) is 6.46. The molecule has 0 fully saturated rings. The lowest BCUT2D eigenvalue weighted by Gasteiger charge is -2.27. The summed E-state index contributed by atoms with van der Waals surface area (Å²) in [5.41, 5.74) is 4.69. The molecule has 0 bridgehead atoms. The van der Waals surface area contributed by atoms with E-state index in [2.05, 4.69) is 11.9 Å². The summed E-state index contributed by atoms with van der Waals surface area (Å²) >= 11 is 0. The van der Waals surface area contributed by atoms with Gasteiger partial charge >= 0.3 is 0 Å². The van der Waals surface area contributed by atoms with E-state index in [0.29, 0.717) is 6.54 Å². The van der Waals surface area contributed by atoms with Crippen molar-refractivity contribution < 1.29 is 9.18 Å². The number of carbonyl (C=O) groups excluding carboxylic acids is 1. The smallest absolute Gasteiger partial charge is 0.246 e. The van der Waals surface area contributed by atoms with Crippen LogP contribution in [0.3, 0.4) is 0 Å². The number of hydrogen-bond acceptors (Lipinski definition) is 2. The quantitative estimate of drug-likeness (QED) is 0.862. The highest BCUT2D eigenvalue weighted by Crippen LogP contribution is 2.40. The van der Waals surface area contributed by atoms with E-state index in [0.717, 1.165) is 41.0 Å². The first kappa shape index (κ1) is 13.6. The zero-order valence-corrected chi connectivity index (χ0v) is 11.9. The fourth-order valence-electron chi connectivity index (χ4n) is 2.86. The molecule has 0 spiro atoms. The SMILES string of the molecule is C=C/C(=C\C(F)=C/C)c1cc2c3c(c1)NCC(=O)N3CC2. The van der Waals surface area contributed by atoms with E-state index in [4.69, 9.17) is 0 Å². The lowest BCUT2D eigenvalue weighted by atomic mass is 9.99. The van der Waals surface area contributed by atoms with Crippen LogP contribution in [0, 0.1) is 0 Å². The largest absolute Gasteiger partial charge is 0.374 e. The van der Waals surface area contributed by atoms with Crippen LogP contribution in [-0.2, 0) is 11.2 Å². The topological polar surface area (TPSA) is 32.3 Å². The number of benzene rings is 1. The van der Waals surface area contributed by atoms with Gasteiger partial charge in [-0.25, -0.2) is 4.39 Å². The van der Waals surface area contributed by atoms with E-state index < -0.39 is 0 Å². The van der Waals surface area contributed by atoms with Gasteiger partial charge in [-0.3, -0.25) is 4.79 Å². The maximum absolute atomic E-state index is 13.5. The molecule has 2 aliphatic rings. The molecule has 0 unspecified atom stereocenters. The fourth-order valence-corrected chi connectivity index (χ4v) is 2.86. The molecule has 0 saturated carbocycles. The van der Waals surface area contributed by atoms with Crippen LogP contribution in [0.4, 0.5) is 15.8 Å². The Morgan fingerprint density at radius 1 is 1.48 bits per heavy atom. The molecular formula is C17H17FN2O. The Kier molecular flexibility index (Phi) is 3.37. The lowest BCUT2D eigenvalue weighted by molar-refractivity contribution is -0.117. The van der Waals surface area contributed by atoms with E-state index in [1.807, 2.05) is 17.0 Å². The Hall–Kier alpha value is -2.36. The van der Waals surface area contributed by atoms with Crippen molar-refractivity contribution in [3.63, 3.8) is 0 Å². The Balaban J connectivity index is 2.10. The normalized spacial score (nSPS) is 17.6. The summed E-state index contributed by atoms with van der Waals surface area (Å²) in [5.74, 6) is -0.183. The second kappa shape index (κ2) is 5.20. The molecule has 0 atom stereocenters. The first-order valence-corrected chi connectivity index (χ1v) is 7.01. The van der Waals surface area contributed by atoms with Gasteiger partial charge in [0.25, 0.3) is 0 Å². The molecule has 0 aliphatic carbocycles. The Bertz CT molecular complexity index is 688. The molecule has 1 N–H and O–H groups in total. The molecule has 1 amide bonds. The molecule has 4 heteroatoms. The van der Waals surface area contributed by atoms with E-state index >= 15 is 0 Å². The third-order valence-electron chi connectivity index (χ3n) is 3.92. The van der Waals surface area contributed by atoms with Gasteiger partial charge < -0.3 is 10.2 Å². The molecule has 0 radical (unpaired) electrons. The van der Waals surface area contributed by atoms with E-state index in [9.17, 15) is 9.18 Å². The van der Waals surface area contributed by atoms with Crippen LogP contribution in [0.2, 0.25) is 0 Å². The van der Waals surface area contributed by atoms with Crippen molar-refractivity contribution in [2.24, 2.45) is 0 Å². The minimum atomic E-state index is -0.288. The molecule has 3 rings (SSSR count). The van der Waals surface area contributed by atoms with Crippen molar-refractivity contribution in [2.75, 3.05) is 23.3 Å². The molecule has 1 aromatic carbocycles. The lowest BCUT2D eigenvalue weighted by Crippen LogP contribution is -2.38. The minimum Gasteiger partial charge on any atom is -0.374 e. The van der Waals surface area contributed by atoms with Gasteiger partial charge in [0, 0.05) is 6.54 Å². The van der Waals surface area contributed by atoms with Gasteiger partial charge in [-0.2, -0.15) is 0 Å². The number of carbonyl (C=O) groups is 1.